The molecule has 0 saturated heterocycles. The van der Waals surface area contributed by atoms with Crippen molar-refractivity contribution in [3.05, 3.63) is 28.8 Å². The summed E-state index contributed by atoms with van der Waals surface area (Å²) < 4.78 is 5.42. The number of nitrogens with two attached hydrogens (primary N) is 1. The Kier molecular flexibility index (Phi) is 3.40. The lowest BCUT2D eigenvalue weighted by Gasteiger charge is -2.21. The summed E-state index contributed by atoms with van der Waals surface area (Å²) in [7, 11) is 0. The first kappa shape index (κ1) is 12.8. The highest BCUT2D eigenvalue weighted by molar-refractivity contribution is 6.33. The van der Waals surface area contributed by atoms with Crippen molar-refractivity contribution >= 4 is 23.3 Å². The largest absolute Gasteiger partial charge is 0.462 e. The van der Waals surface area contributed by atoms with E-state index in [2.05, 4.69) is 0 Å². The van der Waals surface area contributed by atoms with Gasteiger partial charge in [0, 0.05) is 5.69 Å². The predicted molar refractivity (Wildman–Crippen MR) is 75.1 cm³/mol. The van der Waals surface area contributed by atoms with Crippen LogP contribution in [0.2, 0.25) is 5.02 Å². The quantitative estimate of drug-likeness (QED) is 0.680. The number of ether oxygens (including phenoxy) is 1. The standard InChI is InChI=1S/C15H18ClNO2/c16-14-4-3-12(17)7-13(14)15(18)19-8-11-6-9-1-2-10(11)5-9/h3-4,7,9-11H,1-2,5-6,8,17H2. The summed E-state index contributed by atoms with van der Waals surface area (Å²) in [6.45, 7) is 0.519. The number of fused-ring (bicyclic) bond motifs is 2. The molecule has 1 aromatic carbocycles. The molecular weight excluding hydrogens is 262 g/mol. The molecule has 0 aromatic heterocycles. The van der Waals surface area contributed by atoms with Gasteiger partial charge in [0.2, 0.25) is 0 Å². The molecule has 1 aromatic rings. The molecule has 2 aliphatic rings. The topological polar surface area (TPSA) is 52.3 Å². The van der Waals surface area contributed by atoms with Crippen molar-refractivity contribution in [1.29, 1.82) is 0 Å². The second-order valence-corrected chi connectivity index (χ2v) is 6.18. The lowest BCUT2D eigenvalue weighted by molar-refractivity contribution is 0.0394. The van der Waals surface area contributed by atoms with Crippen LogP contribution in [0.3, 0.4) is 0 Å². The number of esters is 1. The maximum atomic E-state index is 12.0. The maximum Gasteiger partial charge on any atom is 0.339 e. The smallest absolute Gasteiger partial charge is 0.339 e. The Morgan fingerprint density at radius 2 is 2.21 bits per heavy atom. The summed E-state index contributed by atoms with van der Waals surface area (Å²) >= 11 is 5.99. The van der Waals surface area contributed by atoms with Crippen molar-refractivity contribution in [1.82, 2.24) is 0 Å². The van der Waals surface area contributed by atoms with Gasteiger partial charge in [-0.1, -0.05) is 18.0 Å². The number of benzene rings is 1. The second-order valence-electron chi connectivity index (χ2n) is 5.77. The monoisotopic (exact) mass is 279 g/mol. The van der Waals surface area contributed by atoms with Crippen molar-refractivity contribution in [2.24, 2.45) is 17.8 Å². The van der Waals surface area contributed by atoms with Gasteiger partial charge in [0.25, 0.3) is 0 Å². The number of rotatable bonds is 3. The summed E-state index contributed by atoms with van der Waals surface area (Å²) in [5, 5.41) is 0.396. The summed E-state index contributed by atoms with van der Waals surface area (Å²) in [6, 6.07) is 4.88. The van der Waals surface area contributed by atoms with Crippen molar-refractivity contribution in [3.63, 3.8) is 0 Å². The Morgan fingerprint density at radius 3 is 2.89 bits per heavy atom. The number of hydrogen-bond acceptors (Lipinski definition) is 3. The van der Waals surface area contributed by atoms with Crippen molar-refractivity contribution in [2.75, 3.05) is 12.3 Å². The average molecular weight is 280 g/mol. The number of carbonyl (C=O) groups excluding carboxylic acids is 1. The first-order valence-electron chi connectivity index (χ1n) is 6.85. The van der Waals surface area contributed by atoms with Crippen LogP contribution < -0.4 is 5.73 Å². The van der Waals surface area contributed by atoms with E-state index in [9.17, 15) is 4.79 Å². The van der Waals surface area contributed by atoms with Gasteiger partial charge >= 0.3 is 5.97 Å². The highest BCUT2D eigenvalue weighted by atomic mass is 35.5. The van der Waals surface area contributed by atoms with E-state index < -0.39 is 0 Å². The third-order valence-electron chi connectivity index (χ3n) is 4.52. The molecule has 3 atom stereocenters. The number of halogens is 1. The molecule has 19 heavy (non-hydrogen) atoms. The zero-order valence-corrected chi connectivity index (χ0v) is 11.5. The van der Waals surface area contributed by atoms with Crippen LogP contribution in [0.4, 0.5) is 5.69 Å². The van der Waals surface area contributed by atoms with Gasteiger partial charge in [0.15, 0.2) is 0 Å². The minimum Gasteiger partial charge on any atom is -0.462 e. The van der Waals surface area contributed by atoms with Crippen LogP contribution in [0.5, 0.6) is 0 Å². The summed E-state index contributed by atoms with van der Waals surface area (Å²) in [5.41, 5.74) is 6.56. The summed E-state index contributed by atoms with van der Waals surface area (Å²) in [5.74, 6) is 1.81. The van der Waals surface area contributed by atoms with Gasteiger partial charge in [-0.2, -0.15) is 0 Å². The fraction of sp³-hybridized carbons (Fsp3) is 0.533. The molecule has 0 amide bonds. The minimum atomic E-state index is -0.361. The van der Waals surface area contributed by atoms with Gasteiger partial charge < -0.3 is 10.5 Å². The van der Waals surface area contributed by atoms with Crippen LogP contribution in [0.25, 0.3) is 0 Å². The third-order valence-corrected chi connectivity index (χ3v) is 4.85. The fourth-order valence-electron chi connectivity index (χ4n) is 3.54. The van der Waals surface area contributed by atoms with Crippen LogP contribution in [0.1, 0.15) is 36.0 Å². The Morgan fingerprint density at radius 1 is 1.37 bits per heavy atom. The summed E-state index contributed by atoms with van der Waals surface area (Å²) in [6.07, 6.45) is 5.19. The number of anilines is 1. The molecule has 0 heterocycles. The first-order valence-corrected chi connectivity index (χ1v) is 7.23. The molecular formula is C15H18ClNO2. The van der Waals surface area contributed by atoms with Crippen LogP contribution in [0.15, 0.2) is 18.2 Å². The zero-order chi connectivity index (χ0) is 13.4. The molecule has 3 unspecified atom stereocenters. The first-order chi connectivity index (χ1) is 9.13. The van der Waals surface area contributed by atoms with Gasteiger partial charge in [-0.25, -0.2) is 4.79 Å². The van der Waals surface area contributed by atoms with E-state index in [0.29, 0.717) is 28.8 Å². The molecule has 4 heteroatoms. The Labute approximate surface area is 118 Å². The van der Waals surface area contributed by atoms with Gasteiger partial charge in [0.1, 0.15) is 0 Å². The van der Waals surface area contributed by atoms with E-state index in [1.165, 1.54) is 25.7 Å². The zero-order valence-electron chi connectivity index (χ0n) is 10.8. The average Bonchev–Trinajstić information content (AvgIpc) is 3.01. The second kappa shape index (κ2) is 5.04. The molecule has 2 fully saturated rings. The summed E-state index contributed by atoms with van der Waals surface area (Å²) in [4.78, 5) is 12.0. The highest BCUT2D eigenvalue weighted by Crippen LogP contribution is 2.48. The van der Waals surface area contributed by atoms with Crippen molar-refractivity contribution in [3.8, 4) is 0 Å². The Bertz CT molecular complexity index is 503. The molecule has 0 spiro atoms. The van der Waals surface area contributed by atoms with Crippen molar-refractivity contribution < 1.29 is 9.53 Å². The van der Waals surface area contributed by atoms with E-state index in [0.717, 1.165) is 11.8 Å². The van der Waals surface area contributed by atoms with E-state index in [1.54, 1.807) is 18.2 Å². The van der Waals surface area contributed by atoms with Crippen LogP contribution in [-0.2, 0) is 4.74 Å². The third kappa shape index (κ3) is 2.57. The van der Waals surface area contributed by atoms with Gasteiger partial charge in [0.05, 0.1) is 17.2 Å². The number of hydrogen-bond donors (Lipinski definition) is 1. The molecule has 0 aliphatic heterocycles. The molecule has 2 aliphatic carbocycles. The normalized spacial score (nSPS) is 28.6. The Hall–Kier alpha value is -1.22. The number of carbonyl (C=O) groups is 1. The van der Waals surface area contributed by atoms with E-state index >= 15 is 0 Å². The highest BCUT2D eigenvalue weighted by Gasteiger charge is 2.39. The Balaban J connectivity index is 1.61. The van der Waals surface area contributed by atoms with E-state index in [-0.39, 0.29) is 5.97 Å². The SMILES string of the molecule is Nc1ccc(Cl)c(C(=O)OCC2CC3CCC2C3)c1. The molecule has 3 rings (SSSR count). The van der Waals surface area contributed by atoms with Gasteiger partial charge in [-0.05, 0) is 55.2 Å². The van der Waals surface area contributed by atoms with E-state index in [4.69, 9.17) is 22.1 Å². The minimum absolute atomic E-state index is 0.361. The number of nitrogen functional groups attached to an aromatic ring is 1. The molecule has 2 saturated carbocycles. The van der Waals surface area contributed by atoms with Gasteiger partial charge in [-0.3, -0.25) is 0 Å². The lowest BCUT2D eigenvalue weighted by Crippen LogP contribution is -2.19. The fourth-order valence-corrected chi connectivity index (χ4v) is 3.74. The van der Waals surface area contributed by atoms with Crippen LogP contribution in [-0.4, -0.2) is 12.6 Å². The van der Waals surface area contributed by atoms with E-state index in [1.807, 2.05) is 0 Å². The molecule has 0 radical (unpaired) electrons. The molecule has 2 bridgehead atoms. The van der Waals surface area contributed by atoms with Crippen LogP contribution >= 0.6 is 11.6 Å². The van der Waals surface area contributed by atoms with Crippen molar-refractivity contribution in [2.45, 2.75) is 25.7 Å². The van der Waals surface area contributed by atoms with Gasteiger partial charge in [-0.15, -0.1) is 0 Å². The lowest BCUT2D eigenvalue weighted by atomic mass is 9.89. The maximum absolute atomic E-state index is 12.0. The molecule has 2 N–H and O–H groups in total. The predicted octanol–water partition coefficient (Wildman–Crippen LogP) is 3.52. The molecule has 102 valence electrons. The molecule has 3 nitrogen and oxygen atoms in total. The van der Waals surface area contributed by atoms with Crippen LogP contribution in [0, 0.1) is 17.8 Å².